The number of nitrogens with zero attached hydrogens (tertiary/aromatic N) is 1. The summed E-state index contributed by atoms with van der Waals surface area (Å²) in [6.07, 6.45) is 5.51. The van der Waals surface area contributed by atoms with Crippen LogP contribution in [0.4, 0.5) is 5.69 Å². The van der Waals surface area contributed by atoms with Gasteiger partial charge in [0.25, 0.3) is 5.91 Å². The van der Waals surface area contributed by atoms with Crippen molar-refractivity contribution in [3.8, 4) is 0 Å². The molecule has 1 heterocycles. The van der Waals surface area contributed by atoms with E-state index in [-0.39, 0.29) is 24.4 Å². The molecule has 0 aliphatic carbocycles. The largest absolute Gasteiger partial charge is 0.398 e. The Balaban J connectivity index is 0.00000225. The van der Waals surface area contributed by atoms with Gasteiger partial charge in [-0.25, -0.2) is 0 Å². The molecule has 3 N–H and O–H groups in total. The first-order valence-corrected chi connectivity index (χ1v) is 4.76. The van der Waals surface area contributed by atoms with E-state index in [0.29, 0.717) is 11.3 Å². The fourth-order valence-electron chi connectivity index (χ4n) is 1.21. The van der Waals surface area contributed by atoms with Crippen LogP contribution in [-0.2, 0) is 0 Å². The molecule has 1 aromatic rings. The Kier molecular flexibility index (Phi) is 6.18. The molecule has 0 radical (unpaired) electrons. The highest BCUT2D eigenvalue weighted by molar-refractivity contribution is 5.98. The van der Waals surface area contributed by atoms with E-state index in [1.54, 1.807) is 18.3 Å². The van der Waals surface area contributed by atoms with Gasteiger partial charge < -0.3 is 11.1 Å². The maximum absolute atomic E-state index is 11.7. The van der Waals surface area contributed by atoms with Crippen molar-refractivity contribution in [3.63, 3.8) is 0 Å². The Hall–Kier alpha value is -1.55. The number of carbonyl (C=O) groups is 1. The van der Waals surface area contributed by atoms with Gasteiger partial charge in [0.2, 0.25) is 0 Å². The summed E-state index contributed by atoms with van der Waals surface area (Å²) in [6.45, 7) is 5.52. The number of amides is 1. The van der Waals surface area contributed by atoms with Crippen LogP contribution in [0.25, 0.3) is 0 Å². The van der Waals surface area contributed by atoms with Gasteiger partial charge >= 0.3 is 0 Å². The van der Waals surface area contributed by atoms with Crippen molar-refractivity contribution >= 4 is 24.0 Å². The maximum atomic E-state index is 11.7. The summed E-state index contributed by atoms with van der Waals surface area (Å²) in [5, 5.41) is 2.81. The highest BCUT2D eigenvalue weighted by Gasteiger charge is 2.11. The Morgan fingerprint density at radius 2 is 2.44 bits per heavy atom. The minimum Gasteiger partial charge on any atom is -0.398 e. The molecule has 4 nitrogen and oxygen atoms in total. The van der Waals surface area contributed by atoms with Crippen molar-refractivity contribution in [2.45, 2.75) is 19.4 Å². The maximum Gasteiger partial charge on any atom is 0.255 e. The smallest absolute Gasteiger partial charge is 0.255 e. The molecule has 0 aromatic carbocycles. The molecule has 1 amide bonds. The topological polar surface area (TPSA) is 68.0 Å². The van der Waals surface area contributed by atoms with Gasteiger partial charge in [-0.1, -0.05) is 6.08 Å². The molecule has 5 heteroatoms. The summed E-state index contributed by atoms with van der Waals surface area (Å²) < 4.78 is 0. The minimum absolute atomic E-state index is 0. The molecule has 0 spiro atoms. The number of hydrogen-bond donors (Lipinski definition) is 2. The van der Waals surface area contributed by atoms with Crippen LogP contribution < -0.4 is 11.1 Å². The van der Waals surface area contributed by atoms with Crippen LogP contribution in [-0.4, -0.2) is 16.9 Å². The first-order chi connectivity index (χ1) is 7.15. The van der Waals surface area contributed by atoms with Gasteiger partial charge in [-0.05, 0) is 19.4 Å². The number of aromatic nitrogens is 1. The predicted octanol–water partition coefficient (Wildman–Crippen LogP) is 1.78. The van der Waals surface area contributed by atoms with Crippen molar-refractivity contribution in [2.24, 2.45) is 0 Å². The van der Waals surface area contributed by atoms with Crippen LogP contribution in [0.1, 0.15) is 23.7 Å². The number of carbonyl (C=O) groups excluding carboxylic acids is 1. The lowest BCUT2D eigenvalue weighted by atomic mass is 10.2. The summed E-state index contributed by atoms with van der Waals surface area (Å²) in [4.78, 5) is 15.5. The zero-order chi connectivity index (χ0) is 11.3. The van der Waals surface area contributed by atoms with Crippen LogP contribution in [0.5, 0.6) is 0 Å². The zero-order valence-corrected chi connectivity index (χ0v) is 9.96. The molecular formula is C11H16ClN3O. The molecular weight excluding hydrogens is 226 g/mol. The Morgan fingerprint density at radius 3 is 3.00 bits per heavy atom. The quantitative estimate of drug-likeness (QED) is 0.790. The highest BCUT2D eigenvalue weighted by atomic mass is 35.5. The molecule has 16 heavy (non-hydrogen) atoms. The summed E-state index contributed by atoms with van der Waals surface area (Å²) in [5.41, 5.74) is 6.50. The van der Waals surface area contributed by atoms with Gasteiger partial charge in [0.15, 0.2) is 0 Å². The zero-order valence-electron chi connectivity index (χ0n) is 9.14. The molecule has 0 aliphatic rings. The summed E-state index contributed by atoms with van der Waals surface area (Å²) >= 11 is 0. The van der Waals surface area contributed by atoms with Crippen molar-refractivity contribution in [2.75, 3.05) is 5.73 Å². The van der Waals surface area contributed by atoms with Gasteiger partial charge in [-0.3, -0.25) is 9.78 Å². The van der Waals surface area contributed by atoms with Crippen molar-refractivity contribution in [3.05, 3.63) is 36.7 Å². The summed E-state index contributed by atoms with van der Waals surface area (Å²) in [7, 11) is 0. The second-order valence-corrected chi connectivity index (χ2v) is 3.36. The van der Waals surface area contributed by atoms with Gasteiger partial charge in [-0.15, -0.1) is 19.0 Å². The van der Waals surface area contributed by atoms with Crippen molar-refractivity contribution < 1.29 is 4.79 Å². The fraction of sp³-hybridized carbons (Fsp3) is 0.273. The second-order valence-electron chi connectivity index (χ2n) is 3.36. The summed E-state index contributed by atoms with van der Waals surface area (Å²) in [6, 6.07) is 1.65. The average molecular weight is 242 g/mol. The predicted molar refractivity (Wildman–Crippen MR) is 67.6 cm³/mol. The minimum atomic E-state index is -0.199. The lowest BCUT2D eigenvalue weighted by molar-refractivity contribution is 0.0941. The third-order valence-corrected chi connectivity index (χ3v) is 2.00. The normalized spacial score (nSPS) is 11.1. The number of nitrogens with one attached hydrogen (secondary N) is 1. The van der Waals surface area contributed by atoms with E-state index in [1.807, 2.05) is 6.92 Å². The molecule has 88 valence electrons. The van der Waals surface area contributed by atoms with E-state index in [2.05, 4.69) is 16.9 Å². The second kappa shape index (κ2) is 6.85. The van der Waals surface area contributed by atoms with E-state index >= 15 is 0 Å². The third-order valence-electron chi connectivity index (χ3n) is 2.00. The Bertz CT molecular complexity index is 368. The lowest BCUT2D eigenvalue weighted by Crippen LogP contribution is -2.32. The molecule has 0 saturated carbocycles. The number of halogens is 1. The molecule has 1 rings (SSSR count). The highest BCUT2D eigenvalue weighted by Crippen LogP contribution is 2.08. The average Bonchev–Trinajstić information content (AvgIpc) is 2.18. The van der Waals surface area contributed by atoms with E-state index < -0.39 is 0 Å². The van der Waals surface area contributed by atoms with E-state index in [1.165, 1.54) is 6.20 Å². The van der Waals surface area contributed by atoms with Crippen molar-refractivity contribution in [1.29, 1.82) is 0 Å². The van der Waals surface area contributed by atoms with Crippen LogP contribution in [0.15, 0.2) is 31.1 Å². The van der Waals surface area contributed by atoms with E-state index in [4.69, 9.17) is 5.73 Å². The van der Waals surface area contributed by atoms with Gasteiger partial charge in [-0.2, -0.15) is 0 Å². The first-order valence-electron chi connectivity index (χ1n) is 4.76. The number of nitrogens with two attached hydrogens (primary N) is 1. The Labute approximate surface area is 101 Å². The van der Waals surface area contributed by atoms with Crippen LogP contribution >= 0.6 is 12.4 Å². The SMILES string of the molecule is C=CCC(C)NC(=O)c1cnccc1N.Cl. The van der Waals surface area contributed by atoms with Gasteiger partial charge in [0, 0.05) is 24.1 Å². The molecule has 1 aromatic heterocycles. The van der Waals surface area contributed by atoms with Gasteiger partial charge in [0.05, 0.1) is 5.56 Å². The number of hydrogen-bond acceptors (Lipinski definition) is 3. The van der Waals surface area contributed by atoms with Crippen LogP contribution in [0, 0.1) is 0 Å². The number of pyridine rings is 1. The molecule has 1 unspecified atom stereocenters. The van der Waals surface area contributed by atoms with Crippen LogP contribution in [0.2, 0.25) is 0 Å². The lowest BCUT2D eigenvalue weighted by Gasteiger charge is -2.12. The van der Waals surface area contributed by atoms with Crippen LogP contribution in [0.3, 0.4) is 0 Å². The third kappa shape index (κ3) is 3.90. The van der Waals surface area contributed by atoms with Crippen molar-refractivity contribution in [1.82, 2.24) is 10.3 Å². The van der Waals surface area contributed by atoms with E-state index in [9.17, 15) is 4.79 Å². The monoisotopic (exact) mass is 241 g/mol. The number of anilines is 1. The Morgan fingerprint density at radius 1 is 1.75 bits per heavy atom. The molecule has 1 atom stereocenters. The molecule has 0 aliphatic heterocycles. The first kappa shape index (κ1) is 14.5. The number of rotatable bonds is 4. The standard InChI is InChI=1S/C11H15N3O.ClH/c1-3-4-8(2)14-11(15)9-7-13-6-5-10(9)12;/h3,5-8H,1,4H2,2H3,(H2,12,13)(H,14,15);1H. The molecule has 0 saturated heterocycles. The summed E-state index contributed by atoms with van der Waals surface area (Å²) in [5.74, 6) is -0.199. The van der Waals surface area contributed by atoms with E-state index in [0.717, 1.165) is 6.42 Å². The molecule has 0 bridgehead atoms. The molecule has 0 fully saturated rings. The fourth-order valence-corrected chi connectivity index (χ4v) is 1.21. The number of nitrogen functional groups attached to an aromatic ring is 1. The van der Waals surface area contributed by atoms with Gasteiger partial charge in [0.1, 0.15) is 0 Å².